The predicted octanol–water partition coefficient (Wildman–Crippen LogP) is 2.53. The molecule has 1 aliphatic rings. The predicted molar refractivity (Wildman–Crippen MR) is 99.3 cm³/mol. The van der Waals surface area contributed by atoms with Gasteiger partial charge < -0.3 is 15.1 Å². The van der Waals surface area contributed by atoms with Crippen LogP contribution in [0, 0.1) is 0 Å². The largest absolute Gasteiger partial charge is 0.354 e. The molecule has 0 spiro atoms. The number of nitrogens with zero attached hydrogens (tertiary/aromatic N) is 3. The lowest BCUT2D eigenvalue weighted by Gasteiger charge is -2.33. The van der Waals surface area contributed by atoms with Crippen LogP contribution in [0.3, 0.4) is 0 Å². The lowest BCUT2D eigenvalue weighted by molar-refractivity contribution is 0.0951. The molecule has 0 radical (unpaired) electrons. The molecule has 1 aliphatic heterocycles. The number of hydrogen-bond donors (Lipinski definition) is 1. The van der Waals surface area contributed by atoms with Crippen molar-refractivity contribution >= 4 is 27.7 Å². The maximum absolute atomic E-state index is 12.1. The van der Waals surface area contributed by atoms with Crippen molar-refractivity contribution in [3.63, 3.8) is 0 Å². The highest BCUT2D eigenvalue weighted by atomic mass is 79.9. The van der Waals surface area contributed by atoms with Gasteiger partial charge in [-0.1, -0.05) is 22.0 Å². The van der Waals surface area contributed by atoms with Crippen molar-refractivity contribution < 1.29 is 4.79 Å². The molecule has 1 saturated heterocycles. The maximum atomic E-state index is 12.1. The Bertz CT molecular complexity index is 679. The van der Waals surface area contributed by atoms with E-state index in [0.29, 0.717) is 12.1 Å². The summed E-state index contributed by atoms with van der Waals surface area (Å²) in [6.07, 6.45) is 1.84. The SMILES string of the molecule is CN1CCN(c2ccc(CNC(=O)c3ccc(Br)cc3)cn2)CC1. The number of likely N-dealkylation sites (N-methyl/N-ethyl adjacent to an activating group) is 1. The van der Waals surface area contributed by atoms with Crippen LogP contribution in [0.5, 0.6) is 0 Å². The van der Waals surface area contributed by atoms with Gasteiger partial charge in [-0.3, -0.25) is 4.79 Å². The van der Waals surface area contributed by atoms with Gasteiger partial charge in [0.15, 0.2) is 0 Å². The molecule has 6 heteroatoms. The van der Waals surface area contributed by atoms with E-state index in [4.69, 9.17) is 0 Å². The molecule has 0 atom stereocenters. The number of aromatic nitrogens is 1. The molecule has 0 aliphatic carbocycles. The lowest BCUT2D eigenvalue weighted by Crippen LogP contribution is -2.44. The Balaban J connectivity index is 1.54. The molecule has 0 unspecified atom stereocenters. The molecule has 2 aromatic rings. The zero-order chi connectivity index (χ0) is 16.9. The number of piperazine rings is 1. The van der Waals surface area contributed by atoms with E-state index in [0.717, 1.165) is 42.0 Å². The fourth-order valence-electron chi connectivity index (χ4n) is 2.63. The van der Waals surface area contributed by atoms with E-state index in [-0.39, 0.29) is 5.91 Å². The Morgan fingerprint density at radius 2 is 1.83 bits per heavy atom. The summed E-state index contributed by atoms with van der Waals surface area (Å²) < 4.78 is 0.961. The van der Waals surface area contributed by atoms with Crippen LogP contribution in [0.2, 0.25) is 0 Å². The van der Waals surface area contributed by atoms with Gasteiger partial charge in [0.05, 0.1) is 0 Å². The van der Waals surface area contributed by atoms with Crippen LogP contribution in [0.25, 0.3) is 0 Å². The van der Waals surface area contributed by atoms with E-state index in [2.05, 4.69) is 43.1 Å². The molecule has 2 heterocycles. The minimum Gasteiger partial charge on any atom is -0.354 e. The average molecular weight is 389 g/mol. The summed E-state index contributed by atoms with van der Waals surface area (Å²) in [7, 11) is 2.14. The molecule has 1 aromatic heterocycles. The number of benzene rings is 1. The summed E-state index contributed by atoms with van der Waals surface area (Å²) in [5, 5.41) is 2.92. The van der Waals surface area contributed by atoms with E-state index >= 15 is 0 Å². The molecule has 126 valence electrons. The second-order valence-electron chi connectivity index (χ2n) is 6.00. The van der Waals surface area contributed by atoms with Crippen molar-refractivity contribution in [3.05, 3.63) is 58.2 Å². The van der Waals surface area contributed by atoms with Crippen LogP contribution in [0.4, 0.5) is 5.82 Å². The van der Waals surface area contributed by atoms with E-state index < -0.39 is 0 Å². The molecular weight excluding hydrogens is 368 g/mol. The number of pyridine rings is 1. The van der Waals surface area contributed by atoms with E-state index in [1.165, 1.54) is 0 Å². The van der Waals surface area contributed by atoms with E-state index in [9.17, 15) is 4.79 Å². The van der Waals surface area contributed by atoms with Crippen molar-refractivity contribution in [3.8, 4) is 0 Å². The van der Waals surface area contributed by atoms with Crippen LogP contribution in [-0.4, -0.2) is 49.0 Å². The molecule has 1 aromatic carbocycles. The van der Waals surface area contributed by atoms with Gasteiger partial charge in [-0.05, 0) is 42.9 Å². The number of hydrogen-bond acceptors (Lipinski definition) is 4. The lowest BCUT2D eigenvalue weighted by atomic mass is 10.2. The molecule has 3 rings (SSSR count). The normalized spacial score (nSPS) is 15.3. The van der Waals surface area contributed by atoms with Crippen LogP contribution in [0.1, 0.15) is 15.9 Å². The van der Waals surface area contributed by atoms with Gasteiger partial charge in [0.1, 0.15) is 5.82 Å². The van der Waals surface area contributed by atoms with Crippen LogP contribution >= 0.6 is 15.9 Å². The minimum atomic E-state index is -0.0781. The highest BCUT2D eigenvalue weighted by molar-refractivity contribution is 9.10. The van der Waals surface area contributed by atoms with Crippen molar-refractivity contribution in [2.75, 3.05) is 38.1 Å². The first-order valence-electron chi connectivity index (χ1n) is 8.04. The van der Waals surface area contributed by atoms with Crippen molar-refractivity contribution in [1.82, 2.24) is 15.2 Å². The number of carbonyl (C=O) groups is 1. The second kappa shape index (κ2) is 7.77. The summed E-state index contributed by atoms with van der Waals surface area (Å²) in [6.45, 7) is 4.61. The minimum absolute atomic E-state index is 0.0781. The number of anilines is 1. The summed E-state index contributed by atoms with van der Waals surface area (Å²) in [6, 6.07) is 11.4. The van der Waals surface area contributed by atoms with Gasteiger partial charge in [0.25, 0.3) is 5.91 Å². The zero-order valence-corrected chi connectivity index (χ0v) is 15.3. The molecule has 1 amide bonds. The first kappa shape index (κ1) is 16.9. The number of carbonyl (C=O) groups excluding carboxylic acids is 1. The number of rotatable bonds is 4. The van der Waals surface area contributed by atoms with Gasteiger partial charge in [-0.15, -0.1) is 0 Å². The summed E-state index contributed by atoms with van der Waals surface area (Å²) >= 11 is 3.37. The van der Waals surface area contributed by atoms with Gasteiger partial charge in [-0.2, -0.15) is 0 Å². The molecule has 1 N–H and O–H groups in total. The summed E-state index contributed by atoms with van der Waals surface area (Å²) in [4.78, 5) is 21.3. The highest BCUT2D eigenvalue weighted by Gasteiger charge is 2.15. The maximum Gasteiger partial charge on any atom is 0.251 e. The molecular formula is C18H21BrN4O. The third-order valence-corrected chi connectivity index (χ3v) is 4.72. The highest BCUT2D eigenvalue weighted by Crippen LogP contribution is 2.14. The van der Waals surface area contributed by atoms with Gasteiger partial charge in [-0.25, -0.2) is 4.98 Å². The fourth-order valence-corrected chi connectivity index (χ4v) is 2.89. The monoisotopic (exact) mass is 388 g/mol. The smallest absolute Gasteiger partial charge is 0.251 e. The zero-order valence-electron chi connectivity index (χ0n) is 13.7. The number of halogens is 1. The summed E-state index contributed by atoms with van der Waals surface area (Å²) in [5.74, 6) is 0.928. The molecule has 24 heavy (non-hydrogen) atoms. The number of nitrogens with one attached hydrogen (secondary N) is 1. The molecule has 0 saturated carbocycles. The van der Waals surface area contributed by atoms with E-state index in [1.807, 2.05) is 30.5 Å². The Morgan fingerprint density at radius 3 is 2.46 bits per heavy atom. The Labute approximate surface area is 150 Å². The Morgan fingerprint density at radius 1 is 1.12 bits per heavy atom. The first-order chi connectivity index (χ1) is 11.6. The van der Waals surface area contributed by atoms with Crippen LogP contribution < -0.4 is 10.2 Å². The quantitative estimate of drug-likeness (QED) is 0.873. The van der Waals surface area contributed by atoms with Crippen molar-refractivity contribution in [2.45, 2.75) is 6.54 Å². The van der Waals surface area contributed by atoms with Crippen molar-refractivity contribution in [2.24, 2.45) is 0 Å². The third kappa shape index (κ3) is 4.33. The van der Waals surface area contributed by atoms with Crippen LogP contribution in [0.15, 0.2) is 47.1 Å². The third-order valence-electron chi connectivity index (χ3n) is 4.20. The van der Waals surface area contributed by atoms with Crippen LogP contribution in [-0.2, 0) is 6.54 Å². The fraction of sp³-hybridized carbons (Fsp3) is 0.333. The number of amides is 1. The topological polar surface area (TPSA) is 48.5 Å². The van der Waals surface area contributed by atoms with Gasteiger partial charge in [0.2, 0.25) is 0 Å². The second-order valence-corrected chi connectivity index (χ2v) is 6.92. The Hall–Kier alpha value is -1.92. The van der Waals surface area contributed by atoms with Crippen molar-refractivity contribution in [1.29, 1.82) is 0 Å². The van der Waals surface area contributed by atoms with Gasteiger partial charge >= 0.3 is 0 Å². The summed E-state index contributed by atoms with van der Waals surface area (Å²) in [5.41, 5.74) is 1.65. The van der Waals surface area contributed by atoms with Gasteiger partial charge in [0, 0.05) is 49.0 Å². The first-order valence-corrected chi connectivity index (χ1v) is 8.83. The molecule has 5 nitrogen and oxygen atoms in total. The molecule has 1 fully saturated rings. The standard InChI is InChI=1S/C18H21BrN4O/c1-22-8-10-23(11-9-22)17-7-2-14(12-20-17)13-21-18(24)15-3-5-16(19)6-4-15/h2-7,12H,8-11,13H2,1H3,(H,21,24). The average Bonchev–Trinajstić information content (AvgIpc) is 2.61. The van der Waals surface area contributed by atoms with E-state index in [1.54, 1.807) is 12.1 Å². The molecule has 0 bridgehead atoms. The Kier molecular flexibility index (Phi) is 5.48.